The zero-order chi connectivity index (χ0) is 19.9. The molecule has 0 amide bonds. The number of pyridine rings is 1. The van der Waals surface area contributed by atoms with E-state index in [-0.39, 0.29) is 0 Å². The summed E-state index contributed by atoms with van der Waals surface area (Å²) in [4.78, 5) is 0. The lowest BCUT2D eigenvalue weighted by molar-refractivity contribution is -0.672. The van der Waals surface area contributed by atoms with Gasteiger partial charge < -0.3 is 4.57 Å². The standard InChI is InChI=1S/C28H21N2/c1-3-10-21(11-4-1)24-14-9-15-25(22-12-5-2-6-13-22)28(24)30-19-17-23-20-29-18-8-7-16-26(29)27(23)30/h1-19H,20H2/q+1. The Kier molecular flexibility index (Phi) is 3.88. The molecule has 0 spiro atoms. The van der Waals surface area contributed by atoms with Crippen molar-refractivity contribution in [3.63, 3.8) is 0 Å². The molecule has 0 saturated carbocycles. The first kappa shape index (κ1) is 17.0. The van der Waals surface area contributed by atoms with E-state index < -0.39 is 0 Å². The molecule has 2 aromatic heterocycles. The molecular weight excluding hydrogens is 364 g/mol. The SMILES string of the molecule is c1ccc(-c2cccc(-c3ccccc3)c2-n2ccc3c2-c2cccc[n+]2C3)cc1. The summed E-state index contributed by atoms with van der Waals surface area (Å²) in [6, 6.07) is 36.7. The van der Waals surface area contributed by atoms with Gasteiger partial charge in [0.2, 0.25) is 5.69 Å². The van der Waals surface area contributed by atoms with Crippen LogP contribution in [0, 0.1) is 0 Å². The van der Waals surface area contributed by atoms with Crippen LogP contribution in [0.3, 0.4) is 0 Å². The Morgan fingerprint density at radius 1 is 0.600 bits per heavy atom. The van der Waals surface area contributed by atoms with Gasteiger partial charge >= 0.3 is 0 Å². The van der Waals surface area contributed by atoms with Crippen LogP contribution in [0.25, 0.3) is 39.3 Å². The Bertz CT molecular complexity index is 1290. The van der Waals surface area contributed by atoms with Crippen molar-refractivity contribution in [3.05, 3.63) is 121 Å². The molecule has 6 rings (SSSR count). The smallest absolute Gasteiger partial charge is 0.230 e. The first-order chi connectivity index (χ1) is 14.9. The van der Waals surface area contributed by atoms with Gasteiger partial charge in [0.15, 0.2) is 12.7 Å². The molecule has 1 aliphatic heterocycles. The van der Waals surface area contributed by atoms with Crippen LogP contribution in [0.1, 0.15) is 5.56 Å². The van der Waals surface area contributed by atoms with E-state index in [1.807, 2.05) is 0 Å². The summed E-state index contributed by atoms with van der Waals surface area (Å²) in [5.41, 5.74) is 10.1. The molecule has 0 bridgehead atoms. The Balaban J connectivity index is 1.68. The lowest BCUT2D eigenvalue weighted by Gasteiger charge is -2.18. The Morgan fingerprint density at radius 2 is 1.23 bits per heavy atom. The summed E-state index contributed by atoms with van der Waals surface area (Å²) in [6.07, 6.45) is 4.40. The van der Waals surface area contributed by atoms with E-state index in [1.165, 1.54) is 44.9 Å². The summed E-state index contributed by atoms with van der Waals surface area (Å²) < 4.78 is 4.72. The summed E-state index contributed by atoms with van der Waals surface area (Å²) in [5, 5.41) is 0. The summed E-state index contributed by atoms with van der Waals surface area (Å²) >= 11 is 0. The summed E-state index contributed by atoms with van der Waals surface area (Å²) in [7, 11) is 0. The van der Waals surface area contributed by atoms with E-state index in [4.69, 9.17) is 0 Å². The third kappa shape index (κ3) is 2.61. The monoisotopic (exact) mass is 385 g/mol. The van der Waals surface area contributed by atoms with Crippen molar-refractivity contribution in [3.8, 4) is 39.3 Å². The predicted molar refractivity (Wildman–Crippen MR) is 121 cm³/mol. The van der Waals surface area contributed by atoms with Crippen LogP contribution in [-0.4, -0.2) is 4.57 Å². The first-order valence-corrected chi connectivity index (χ1v) is 10.3. The average Bonchev–Trinajstić information content (AvgIpc) is 3.39. The van der Waals surface area contributed by atoms with Crippen LogP contribution >= 0.6 is 0 Å². The topological polar surface area (TPSA) is 8.81 Å². The summed E-state index contributed by atoms with van der Waals surface area (Å²) in [6.45, 7) is 0.923. The number of rotatable bonds is 3. The second kappa shape index (κ2) is 6.85. The molecule has 2 heteroatoms. The molecule has 0 atom stereocenters. The van der Waals surface area contributed by atoms with Crippen LogP contribution in [0.4, 0.5) is 0 Å². The van der Waals surface area contributed by atoms with E-state index in [1.54, 1.807) is 0 Å². The van der Waals surface area contributed by atoms with Crippen molar-refractivity contribution in [2.45, 2.75) is 6.54 Å². The van der Waals surface area contributed by atoms with Crippen molar-refractivity contribution in [2.75, 3.05) is 0 Å². The quantitative estimate of drug-likeness (QED) is 0.324. The van der Waals surface area contributed by atoms with Crippen LogP contribution in [-0.2, 0) is 6.54 Å². The third-order valence-corrected chi connectivity index (χ3v) is 5.94. The predicted octanol–water partition coefficient (Wildman–Crippen LogP) is 6.13. The highest BCUT2D eigenvalue weighted by atomic mass is 15.1. The minimum atomic E-state index is 0.923. The maximum absolute atomic E-state index is 2.39. The second-order valence-corrected chi connectivity index (χ2v) is 7.71. The molecule has 0 unspecified atom stereocenters. The van der Waals surface area contributed by atoms with Crippen LogP contribution in [0.5, 0.6) is 0 Å². The van der Waals surface area contributed by atoms with Gasteiger partial charge in [-0.3, -0.25) is 0 Å². The van der Waals surface area contributed by atoms with Gasteiger partial charge in [-0.25, -0.2) is 0 Å². The number of aromatic nitrogens is 2. The largest absolute Gasteiger partial charge is 0.310 e. The maximum atomic E-state index is 2.39. The Hall–Kier alpha value is -3.91. The molecule has 30 heavy (non-hydrogen) atoms. The van der Waals surface area contributed by atoms with E-state index in [9.17, 15) is 0 Å². The molecule has 3 heterocycles. The van der Waals surface area contributed by atoms with E-state index >= 15 is 0 Å². The number of hydrogen-bond donors (Lipinski definition) is 0. The molecule has 142 valence electrons. The molecule has 1 aliphatic rings. The lowest BCUT2D eigenvalue weighted by Crippen LogP contribution is -2.31. The van der Waals surface area contributed by atoms with Gasteiger partial charge in [-0.1, -0.05) is 78.9 Å². The van der Waals surface area contributed by atoms with Crippen molar-refractivity contribution >= 4 is 0 Å². The number of nitrogens with zero attached hydrogens (tertiary/aromatic N) is 2. The summed E-state index contributed by atoms with van der Waals surface area (Å²) in [5.74, 6) is 0. The molecule has 0 fully saturated rings. The van der Waals surface area contributed by atoms with Crippen molar-refractivity contribution < 1.29 is 4.57 Å². The lowest BCUT2D eigenvalue weighted by atomic mass is 9.95. The fraction of sp³-hybridized carbons (Fsp3) is 0.0357. The highest BCUT2D eigenvalue weighted by Gasteiger charge is 2.30. The number of hydrogen-bond acceptors (Lipinski definition) is 0. The minimum Gasteiger partial charge on any atom is -0.310 e. The fourth-order valence-corrected chi connectivity index (χ4v) is 4.59. The third-order valence-electron chi connectivity index (χ3n) is 5.94. The molecular formula is C28H21N2+. The van der Waals surface area contributed by atoms with Gasteiger partial charge in [-0.15, -0.1) is 0 Å². The molecule has 3 aromatic carbocycles. The van der Waals surface area contributed by atoms with Crippen molar-refractivity contribution in [1.29, 1.82) is 0 Å². The highest BCUT2D eigenvalue weighted by Crippen LogP contribution is 2.39. The van der Waals surface area contributed by atoms with Crippen molar-refractivity contribution in [2.24, 2.45) is 0 Å². The second-order valence-electron chi connectivity index (χ2n) is 7.71. The zero-order valence-electron chi connectivity index (χ0n) is 16.6. The van der Waals surface area contributed by atoms with E-state index in [2.05, 4.69) is 125 Å². The van der Waals surface area contributed by atoms with Crippen LogP contribution < -0.4 is 4.57 Å². The number of fused-ring (bicyclic) bond motifs is 3. The molecule has 0 N–H and O–H groups in total. The normalized spacial score (nSPS) is 11.9. The molecule has 0 aliphatic carbocycles. The Morgan fingerprint density at radius 3 is 1.90 bits per heavy atom. The van der Waals surface area contributed by atoms with E-state index in [0.29, 0.717) is 0 Å². The van der Waals surface area contributed by atoms with Crippen LogP contribution in [0.15, 0.2) is 116 Å². The van der Waals surface area contributed by atoms with E-state index in [0.717, 1.165) is 6.54 Å². The van der Waals surface area contributed by atoms with Gasteiger partial charge in [0.25, 0.3) is 0 Å². The molecule has 0 radical (unpaired) electrons. The van der Waals surface area contributed by atoms with Gasteiger partial charge in [0, 0.05) is 35.0 Å². The Labute approximate surface area is 176 Å². The van der Waals surface area contributed by atoms with Gasteiger partial charge in [0.1, 0.15) is 5.69 Å². The minimum absolute atomic E-state index is 0.923. The van der Waals surface area contributed by atoms with Gasteiger partial charge in [0.05, 0.1) is 5.69 Å². The molecule has 5 aromatic rings. The van der Waals surface area contributed by atoms with Gasteiger partial charge in [-0.05, 0) is 23.3 Å². The molecule has 0 saturated heterocycles. The zero-order valence-corrected chi connectivity index (χ0v) is 16.6. The fourth-order valence-electron chi connectivity index (χ4n) is 4.59. The number of para-hydroxylation sites is 1. The van der Waals surface area contributed by atoms with Gasteiger partial charge in [-0.2, -0.15) is 4.57 Å². The highest BCUT2D eigenvalue weighted by molar-refractivity contribution is 5.87. The maximum Gasteiger partial charge on any atom is 0.230 e. The average molecular weight is 385 g/mol. The number of benzene rings is 3. The molecule has 2 nitrogen and oxygen atoms in total. The van der Waals surface area contributed by atoms with Crippen LogP contribution in [0.2, 0.25) is 0 Å². The van der Waals surface area contributed by atoms with Crippen molar-refractivity contribution in [1.82, 2.24) is 4.57 Å². The first-order valence-electron chi connectivity index (χ1n) is 10.3.